The maximum Gasteiger partial charge on any atom is 0.241 e. The third-order valence-electron chi connectivity index (χ3n) is 4.02. The molecule has 10 heteroatoms. The number of carbonyl (C=O) groups is 1. The first-order valence-corrected chi connectivity index (χ1v) is 10.7. The van der Waals surface area contributed by atoms with Crippen molar-refractivity contribution in [2.45, 2.75) is 6.54 Å². The minimum Gasteiger partial charge on any atom is -0.493 e. The molecule has 0 aromatic heterocycles. The standard InChI is InChI=1S/C19H23ClN2O6S/c1-26-16-9-13(10-17(27-2)19(16)28-3)11-21-18(23)12-22(29(4,24)25)15-8-6-5-7-14(15)20/h5-10H,11-12H2,1-4H3,(H,21,23). The molecule has 29 heavy (non-hydrogen) atoms. The Balaban J connectivity index is 2.17. The first kappa shape index (κ1) is 22.6. The van der Waals surface area contributed by atoms with Crippen LogP contribution in [0.2, 0.25) is 5.02 Å². The number of sulfonamides is 1. The first-order chi connectivity index (χ1) is 13.7. The molecule has 0 saturated carbocycles. The molecule has 0 heterocycles. The van der Waals surface area contributed by atoms with Gasteiger partial charge >= 0.3 is 0 Å². The number of anilines is 1. The van der Waals surface area contributed by atoms with Crippen LogP contribution in [0.15, 0.2) is 36.4 Å². The van der Waals surface area contributed by atoms with Crippen LogP contribution in [-0.2, 0) is 21.4 Å². The molecule has 0 spiro atoms. The molecule has 0 bridgehead atoms. The Morgan fingerprint density at radius 2 is 1.66 bits per heavy atom. The number of rotatable bonds is 9. The van der Waals surface area contributed by atoms with E-state index in [1.807, 2.05) is 0 Å². The number of methoxy groups -OCH3 is 3. The van der Waals surface area contributed by atoms with Crippen LogP contribution < -0.4 is 23.8 Å². The van der Waals surface area contributed by atoms with Crippen LogP contribution in [0.25, 0.3) is 0 Å². The van der Waals surface area contributed by atoms with Crippen molar-refractivity contribution in [1.82, 2.24) is 5.32 Å². The van der Waals surface area contributed by atoms with E-state index in [-0.39, 0.29) is 17.3 Å². The minimum absolute atomic E-state index is 0.135. The van der Waals surface area contributed by atoms with Crippen LogP contribution in [0.1, 0.15) is 5.56 Å². The summed E-state index contributed by atoms with van der Waals surface area (Å²) in [7, 11) is 0.766. The average molecular weight is 443 g/mol. The summed E-state index contributed by atoms with van der Waals surface area (Å²) in [6.45, 7) is -0.275. The van der Waals surface area contributed by atoms with Crippen molar-refractivity contribution in [3.63, 3.8) is 0 Å². The van der Waals surface area contributed by atoms with E-state index in [2.05, 4.69) is 5.32 Å². The maximum absolute atomic E-state index is 12.4. The van der Waals surface area contributed by atoms with Crippen LogP contribution in [-0.4, -0.2) is 48.5 Å². The molecule has 0 radical (unpaired) electrons. The molecule has 2 rings (SSSR count). The van der Waals surface area contributed by atoms with Crippen LogP contribution in [0.3, 0.4) is 0 Å². The maximum atomic E-state index is 12.4. The van der Waals surface area contributed by atoms with E-state index in [0.717, 1.165) is 10.6 Å². The van der Waals surface area contributed by atoms with E-state index in [1.54, 1.807) is 30.3 Å². The molecule has 0 aliphatic heterocycles. The number of carbonyl (C=O) groups excluding carboxylic acids is 1. The topological polar surface area (TPSA) is 94.2 Å². The lowest BCUT2D eigenvalue weighted by molar-refractivity contribution is -0.119. The highest BCUT2D eigenvalue weighted by atomic mass is 35.5. The molecule has 8 nitrogen and oxygen atoms in total. The number of nitrogens with one attached hydrogen (secondary N) is 1. The molecule has 2 aromatic rings. The van der Waals surface area contributed by atoms with Crippen LogP contribution in [0.5, 0.6) is 17.2 Å². The Hall–Kier alpha value is -2.65. The Labute approximate surface area is 175 Å². The zero-order chi connectivity index (χ0) is 21.6. The Morgan fingerprint density at radius 1 is 1.07 bits per heavy atom. The number of benzene rings is 2. The van der Waals surface area contributed by atoms with E-state index in [0.29, 0.717) is 22.8 Å². The van der Waals surface area contributed by atoms with Gasteiger partial charge in [-0.15, -0.1) is 0 Å². The summed E-state index contributed by atoms with van der Waals surface area (Å²) < 4.78 is 41.1. The molecular weight excluding hydrogens is 420 g/mol. The number of nitrogens with zero attached hydrogens (tertiary/aromatic N) is 1. The van der Waals surface area contributed by atoms with Gasteiger partial charge in [-0.05, 0) is 29.8 Å². The summed E-state index contributed by atoms with van der Waals surface area (Å²) >= 11 is 6.10. The van der Waals surface area contributed by atoms with Gasteiger partial charge < -0.3 is 19.5 Å². The van der Waals surface area contributed by atoms with Crippen molar-refractivity contribution in [2.24, 2.45) is 0 Å². The largest absolute Gasteiger partial charge is 0.493 e. The summed E-state index contributed by atoms with van der Waals surface area (Å²) in [5, 5.41) is 2.92. The second-order valence-electron chi connectivity index (χ2n) is 6.03. The predicted molar refractivity (Wildman–Crippen MR) is 112 cm³/mol. The monoisotopic (exact) mass is 442 g/mol. The van der Waals surface area contributed by atoms with Crippen molar-refractivity contribution in [2.75, 3.05) is 38.4 Å². The summed E-state index contributed by atoms with van der Waals surface area (Å²) in [4.78, 5) is 12.4. The van der Waals surface area contributed by atoms with Crippen LogP contribution in [0, 0.1) is 0 Å². The summed E-state index contributed by atoms with van der Waals surface area (Å²) in [5.41, 5.74) is 0.927. The van der Waals surface area contributed by atoms with E-state index in [4.69, 9.17) is 25.8 Å². The molecule has 0 fully saturated rings. The van der Waals surface area contributed by atoms with Gasteiger partial charge in [0.1, 0.15) is 6.54 Å². The summed E-state index contributed by atoms with van der Waals surface area (Å²) in [5.74, 6) is 0.839. The molecule has 0 unspecified atom stereocenters. The van der Waals surface area contributed by atoms with Gasteiger partial charge in [0.05, 0.1) is 38.3 Å². The van der Waals surface area contributed by atoms with Gasteiger partial charge in [0.2, 0.25) is 21.7 Å². The quantitative estimate of drug-likeness (QED) is 0.641. The Bertz CT molecular complexity index is 955. The second-order valence-corrected chi connectivity index (χ2v) is 8.35. The zero-order valence-corrected chi connectivity index (χ0v) is 18.1. The summed E-state index contributed by atoms with van der Waals surface area (Å²) in [6, 6.07) is 9.82. The van der Waals surface area contributed by atoms with Crippen molar-refractivity contribution in [1.29, 1.82) is 0 Å². The van der Waals surface area contributed by atoms with Crippen LogP contribution in [0.4, 0.5) is 5.69 Å². The van der Waals surface area contributed by atoms with Gasteiger partial charge in [-0.1, -0.05) is 23.7 Å². The van der Waals surface area contributed by atoms with Gasteiger partial charge in [-0.2, -0.15) is 0 Å². The third-order valence-corrected chi connectivity index (χ3v) is 5.47. The van der Waals surface area contributed by atoms with Crippen molar-refractivity contribution in [3.8, 4) is 17.2 Å². The van der Waals surface area contributed by atoms with E-state index >= 15 is 0 Å². The average Bonchev–Trinajstić information content (AvgIpc) is 2.69. The Morgan fingerprint density at radius 3 is 2.14 bits per heavy atom. The molecule has 158 valence electrons. The SMILES string of the molecule is COc1cc(CNC(=O)CN(c2ccccc2Cl)S(C)(=O)=O)cc(OC)c1OC. The predicted octanol–water partition coefficient (Wildman–Crippen LogP) is 2.45. The summed E-state index contributed by atoms with van der Waals surface area (Å²) in [6.07, 6.45) is 1.02. The first-order valence-electron chi connectivity index (χ1n) is 8.49. The van der Waals surface area contributed by atoms with Gasteiger partial charge in [0.25, 0.3) is 0 Å². The molecule has 0 atom stereocenters. The fraction of sp³-hybridized carbons (Fsp3) is 0.316. The highest BCUT2D eigenvalue weighted by Crippen LogP contribution is 2.38. The molecule has 2 aromatic carbocycles. The number of halogens is 1. The van der Waals surface area contributed by atoms with Crippen molar-refractivity contribution < 1.29 is 27.4 Å². The highest BCUT2D eigenvalue weighted by molar-refractivity contribution is 7.92. The highest BCUT2D eigenvalue weighted by Gasteiger charge is 2.23. The van der Waals surface area contributed by atoms with Crippen molar-refractivity contribution in [3.05, 3.63) is 47.0 Å². The van der Waals surface area contributed by atoms with Gasteiger partial charge in [0.15, 0.2) is 11.5 Å². The molecule has 0 aliphatic carbocycles. The smallest absolute Gasteiger partial charge is 0.241 e. The lowest BCUT2D eigenvalue weighted by Gasteiger charge is -2.23. The fourth-order valence-corrected chi connectivity index (χ4v) is 3.82. The third kappa shape index (κ3) is 5.68. The number of amides is 1. The lowest BCUT2D eigenvalue weighted by Crippen LogP contribution is -2.40. The fourth-order valence-electron chi connectivity index (χ4n) is 2.66. The molecule has 1 N–H and O–H groups in total. The molecular formula is C19H23ClN2O6S. The van der Waals surface area contributed by atoms with Gasteiger partial charge in [0, 0.05) is 6.54 Å². The number of para-hydroxylation sites is 1. The van der Waals surface area contributed by atoms with Crippen molar-refractivity contribution >= 4 is 33.2 Å². The Kier molecular flexibility index (Phi) is 7.58. The molecule has 0 saturated heterocycles. The van der Waals surface area contributed by atoms with Gasteiger partial charge in [-0.3, -0.25) is 9.10 Å². The van der Waals surface area contributed by atoms with Crippen LogP contribution >= 0.6 is 11.6 Å². The van der Waals surface area contributed by atoms with E-state index in [9.17, 15) is 13.2 Å². The number of hydrogen-bond acceptors (Lipinski definition) is 6. The number of ether oxygens (including phenoxy) is 3. The zero-order valence-electron chi connectivity index (χ0n) is 16.6. The normalized spacial score (nSPS) is 10.9. The number of hydrogen-bond donors (Lipinski definition) is 1. The van der Waals surface area contributed by atoms with Gasteiger partial charge in [-0.25, -0.2) is 8.42 Å². The molecule has 1 amide bonds. The lowest BCUT2D eigenvalue weighted by atomic mass is 10.1. The minimum atomic E-state index is -3.72. The van der Waals surface area contributed by atoms with E-state index in [1.165, 1.54) is 27.4 Å². The molecule has 0 aliphatic rings. The van der Waals surface area contributed by atoms with E-state index < -0.39 is 22.5 Å². The second kappa shape index (κ2) is 9.71.